The monoisotopic (exact) mass is 316 g/mol. The molecule has 0 bridgehead atoms. The van der Waals surface area contributed by atoms with Gasteiger partial charge in [-0.1, -0.05) is 12.1 Å². The number of hydrogen-bond donors (Lipinski definition) is 2. The Morgan fingerprint density at radius 3 is 2.77 bits per heavy atom. The molecule has 0 saturated heterocycles. The molecule has 2 rings (SSSR count). The number of rotatable bonds is 5. The van der Waals surface area contributed by atoms with E-state index < -0.39 is 0 Å². The van der Waals surface area contributed by atoms with Gasteiger partial charge in [-0.2, -0.15) is 5.10 Å². The van der Waals surface area contributed by atoms with Crippen LogP contribution in [0.4, 0.5) is 5.82 Å². The molecule has 0 radical (unpaired) electrons. The number of aryl methyl sites for hydroxylation is 1. The van der Waals surface area contributed by atoms with Gasteiger partial charge in [0, 0.05) is 11.4 Å². The van der Waals surface area contributed by atoms with Gasteiger partial charge in [-0.25, -0.2) is 10.4 Å². The number of nitrogens with one attached hydrogen (secondary N) is 2. The van der Waals surface area contributed by atoms with Crippen molar-refractivity contribution in [1.82, 2.24) is 10.4 Å². The highest BCUT2D eigenvalue weighted by atomic mass is 32.1. The Morgan fingerprint density at radius 2 is 2.09 bits per heavy atom. The predicted octanol–water partition coefficient (Wildman–Crippen LogP) is 2.59. The molecule has 0 fully saturated rings. The van der Waals surface area contributed by atoms with Crippen LogP contribution in [0.1, 0.15) is 28.7 Å². The molecule has 2 aromatic heterocycles. The van der Waals surface area contributed by atoms with Crippen molar-refractivity contribution in [3.8, 4) is 0 Å². The molecular formula is C15H16N4O2S. The third-order valence-corrected chi connectivity index (χ3v) is 3.53. The van der Waals surface area contributed by atoms with Gasteiger partial charge >= 0.3 is 0 Å². The van der Waals surface area contributed by atoms with Gasteiger partial charge in [0.2, 0.25) is 5.91 Å². The average molecular weight is 316 g/mol. The minimum absolute atomic E-state index is 0.0837. The van der Waals surface area contributed by atoms with Crippen LogP contribution in [-0.2, 0) is 4.79 Å². The summed E-state index contributed by atoms with van der Waals surface area (Å²) in [5.41, 5.74) is 3.76. The second-order valence-electron chi connectivity index (χ2n) is 4.65. The van der Waals surface area contributed by atoms with Gasteiger partial charge in [0.1, 0.15) is 5.82 Å². The van der Waals surface area contributed by atoms with Crippen LogP contribution in [0.3, 0.4) is 0 Å². The van der Waals surface area contributed by atoms with Crippen molar-refractivity contribution >= 4 is 34.7 Å². The molecule has 2 aromatic rings. The quantitative estimate of drug-likeness (QED) is 0.657. The van der Waals surface area contributed by atoms with Gasteiger partial charge in [-0.3, -0.25) is 9.59 Å². The molecule has 0 aromatic carbocycles. The summed E-state index contributed by atoms with van der Waals surface area (Å²) in [6.07, 6.45) is 0.0837. The number of aromatic nitrogens is 1. The lowest BCUT2D eigenvalue weighted by Crippen LogP contribution is -2.21. The van der Waals surface area contributed by atoms with Crippen LogP contribution >= 0.6 is 11.3 Å². The van der Waals surface area contributed by atoms with Crippen LogP contribution in [0.5, 0.6) is 0 Å². The SMILES string of the molecule is CC(CC(=O)Nc1cccc(C)n1)=NNC(=O)c1cccs1. The summed E-state index contributed by atoms with van der Waals surface area (Å²) in [7, 11) is 0. The van der Waals surface area contributed by atoms with Gasteiger partial charge < -0.3 is 5.32 Å². The lowest BCUT2D eigenvalue weighted by Gasteiger charge is -2.05. The largest absolute Gasteiger partial charge is 0.310 e. The number of hydrazone groups is 1. The van der Waals surface area contributed by atoms with Crippen molar-refractivity contribution in [3.05, 3.63) is 46.3 Å². The Kier molecular flexibility index (Phi) is 5.37. The number of carbonyl (C=O) groups is 2. The first kappa shape index (κ1) is 15.8. The first-order valence-electron chi connectivity index (χ1n) is 6.65. The van der Waals surface area contributed by atoms with E-state index >= 15 is 0 Å². The zero-order valence-electron chi connectivity index (χ0n) is 12.3. The molecule has 0 aliphatic carbocycles. The molecule has 2 amide bonds. The van der Waals surface area contributed by atoms with Gasteiger partial charge in [-0.15, -0.1) is 11.3 Å². The maximum absolute atomic E-state index is 11.9. The molecule has 7 heteroatoms. The highest BCUT2D eigenvalue weighted by molar-refractivity contribution is 7.12. The molecule has 2 N–H and O–H groups in total. The third kappa shape index (κ3) is 4.78. The Hall–Kier alpha value is -2.54. The van der Waals surface area contributed by atoms with Gasteiger partial charge in [0.25, 0.3) is 5.91 Å². The Bertz CT molecular complexity index is 695. The lowest BCUT2D eigenvalue weighted by molar-refractivity contribution is -0.115. The van der Waals surface area contributed by atoms with Crippen molar-refractivity contribution in [2.75, 3.05) is 5.32 Å². The van der Waals surface area contributed by atoms with Crippen LogP contribution < -0.4 is 10.7 Å². The highest BCUT2D eigenvalue weighted by Gasteiger charge is 2.08. The standard InChI is InChI=1S/C15H16N4O2S/c1-10-5-3-7-13(16-10)17-14(20)9-11(2)18-19-15(21)12-6-4-8-22-12/h3-8H,9H2,1-2H3,(H,19,21)(H,16,17,20). The molecular weight excluding hydrogens is 300 g/mol. The molecule has 0 aliphatic heterocycles. The molecule has 2 heterocycles. The van der Waals surface area contributed by atoms with Crippen LogP contribution in [0, 0.1) is 6.92 Å². The minimum atomic E-state index is -0.282. The fraction of sp³-hybridized carbons (Fsp3) is 0.200. The Balaban J connectivity index is 1.85. The summed E-state index contributed by atoms with van der Waals surface area (Å²) in [4.78, 5) is 28.3. The number of hydrogen-bond acceptors (Lipinski definition) is 5. The number of thiophene rings is 1. The first-order valence-corrected chi connectivity index (χ1v) is 7.53. The molecule has 22 heavy (non-hydrogen) atoms. The summed E-state index contributed by atoms with van der Waals surface area (Å²) >= 11 is 1.33. The van der Waals surface area contributed by atoms with Crippen molar-refractivity contribution in [1.29, 1.82) is 0 Å². The average Bonchev–Trinajstić information content (AvgIpc) is 2.98. The third-order valence-electron chi connectivity index (χ3n) is 2.67. The van der Waals surface area contributed by atoms with Crippen LogP contribution in [0.15, 0.2) is 40.8 Å². The van der Waals surface area contributed by atoms with Gasteiger partial charge in [-0.05, 0) is 37.4 Å². The Morgan fingerprint density at radius 1 is 1.27 bits per heavy atom. The maximum atomic E-state index is 11.9. The van der Waals surface area contributed by atoms with Crippen LogP contribution in [0.2, 0.25) is 0 Å². The summed E-state index contributed by atoms with van der Waals surface area (Å²) in [6, 6.07) is 8.89. The number of nitrogens with zero attached hydrogens (tertiary/aromatic N) is 2. The zero-order chi connectivity index (χ0) is 15.9. The smallest absolute Gasteiger partial charge is 0.281 e. The van der Waals surface area contributed by atoms with Gasteiger partial charge in [0.15, 0.2) is 0 Å². The van der Waals surface area contributed by atoms with E-state index in [0.29, 0.717) is 16.4 Å². The molecule has 0 spiro atoms. The fourth-order valence-corrected chi connectivity index (χ4v) is 2.29. The molecule has 0 atom stereocenters. The van der Waals surface area contributed by atoms with Crippen molar-refractivity contribution in [2.45, 2.75) is 20.3 Å². The minimum Gasteiger partial charge on any atom is -0.310 e. The predicted molar refractivity (Wildman–Crippen MR) is 87.1 cm³/mol. The fourth-order valence-electron chi connectivity index (χ4n) is 1.68. The van der Waals surface area contributed by atoms with Crippen LogP contribution in [0.25, 0.3) is 0 Å². The number of pyridine rings is 1. The molecule has 114 valence electrons. The second kappa shape index (κ2) is 7.46. The summed E-state index contributed by atoms with van der Waals surface area (Å²) < 4.78 is 0. The maximum Gasteiger partial charge on any atom is 0.281 e. The van der Waals surface area contributed by atoms with Crippen molar-refractivity contribution in [3.63, 3.8) is 0 Å². The van der Waals surface area contributed by atoms with E-state index in [2.05, 4.69) is 20.8 Å². The second-order valence-corrected chi connectivity index (χ2v) is 5.60. The van der Waals surface area contributed by atoms with E-state index in [1.807, 2.05) is 24.4 Å². The summed E-state index contributed by atoms with van der Waals surface area (Å²) in [5, 5.41) is 8.42. The normalized spacial score (nSPS) is 11.1. The lowest BCUT2D eigenvalue weighted by atomic mass is 10.3. The summed E-state index contributed by atoms with van der Waals surface area (Å²) in [5.74, 6) is -0.0137. The molecule has 6 nitrogen and oxygen atoms in total. The zero-order valence-corrected chi connectivity index (χ0v) is 13.1. The van der Waals surface area contributed by atoms with E-state index in [9.17, 15) is 9.59 Å². The highest BCUT2D eigenvalue weighted by Crippen LogP contribution is 2.08. The topological polar surface area (TPSA) is 83.4 Å². The van der Waals surface area contributed by atoms with Gasteiger partial charge in [0.05, 0.1) is 11.3 Å². The first-order chi connectivity index (χ1) is 10.5. The number of amides is 2. The van der Waals surface area contributed by atoms with E-state index in [1.165, 1.54) is 11.3 Å². The molecule has 0 saturated carbocycles. The Labute approximate surface area is 132 Å². The number of anilines is 1. The van der Waals surface area contributed by atoms with Crippen LogP contribution in [-0.4, -0.2) is 22.5 Å². The van der Waals surface area contributed by atoms with E-state index in [1.54, 1.807) is 25.1 Å². The van der Waals surface area contributed by atoms with E-state index in [0.717, 1.165) is 5.69 Å². The van der Waals surface area contributed by atoms with Crippen molar-refractivity contribution in [2.24, 2.45) is 5.10 Å². The summed E-state index contributed by atoms with van der Waals surface area (Å²) in [6.45, 7) is 3.53. The number of carbonyl (C=O) groups excluding carboxylic acids is 2. The molecule has 0 unspecified atom stereocenters. The van der Waals surface area contributed by atoms with Crippen molar-refractivity contribution < 1.29 is 9.59 Å². The van der Waals surface area contributed by atoms with E-state index in [-0.39, 0.29) is 18.2 Å². The molecule has 0 aliphatic rings. The van der Waals surface area contributed by atoms with E-state index in [4.69, 9.17) is 0 Å².